The maximum Gasteiger partial charge on any atom is 0.407 e. The Bertz CT molecular complexity index is 341. The minimum Gasteiger partial charge on any atom is -0.444 e. The van der Waals surface area contributed by atoms with Gasteiger partial charge in [0.05, 0.1) is 0 Å². The van der Waals surface area contributed by atoms with E-state index in [0.29, 0.717) is 25.4 Å². The zero-order chi connectivity index (χ0) is 14.6. The van der Waals surface area contributed by atoms with Crippen molar-refractivity contribution in [3.05, 3.63) is 0 Å². The summed E-state index contributed by atoms with van der Waals surface area (Å²) < 4.78 is 5.17. The summed E-state index contributed by atoms with van der Waals surface area (Å²) in [5, 5.41) is 2.73. The van der Waals surface area contributed by atoms with Crippen LogP contribution in [0.1, 0.15) is 34.1 Å². The molecule has 2 amide bonds. The predicted molar refractivity (Wildman–Crippen MR) is 74.2 cm³/mol. The van der Waals surface area contributed by atoms with Gasteiger partial charge in [0, 0.05) is 31.4 Å². The molecule has 0 saturated carbocycles. The molecule has 6 heteroatoms. The van der Waals surface area contributed by atoms with Crippen molar-refractivity contribution in [2.45, 2.75) is 45.8 Å². The number of likely N-dealkylation sites (tertiary alicyclic amines) is 1. The molecular weight excluding hydrogens is 268 g/mol. The number of amides is 2. The van der Waals surface area contributed by atoms with E-state index in [4.69, 9.17) is 16.3 Å². The summed E-state index contributed by atoms with van der Waals surface area (Å²) in [7, 11) is 0. The lowest BCUT2D eigenvalue weighted by molar-refractivity contribution is -0.128. The lowest BCUT2D eigenvalue weighted by Crippen LogP contribution is -2.44. The first kappa shape index (κ1) is 16.1. The fourth-order valence-electron chi connectivity index (χ4n) is 2.02. The van der Waals surface area contributed by atoms with Crippen molar-refractivity contribution < 1.29 is 14.3 Å². The third-order valence-corrected chi connectivity index (χ3v) is 3.21. The van der Waals surface area contributed by atoms with Gasteiger partial charge in [-0.1, -0.05) is 0 Å². The molecule has 110 valence electrons. The fourth-order valence-corrected chi connectivity index (χ4v) is 2.23. The van der Waals surface area contributed by atoms with E-state index in [0.717, 1.165) is 0 Å². The van der Waals surface area contributed by atoms with E-state index in [-0.39, 0.29) is 17.9 Å². The molecule has 0 radical (unpaired) electrons. The molecule has 19 heavy (non-hydrogen) atoms. The van der Waals surface area contributed by atoms with Gasteiger partial charge in [-0.05, 0) is 33.6 Å². The van der Waals surface area contributed by atoms with Crippen molar-refractivity contribution in [1.82, 2.24) is 10.2 Å². The van der Waals surface area contributed by atoms with Gasteiger partial charge in [-0.25, -0.2) is 4.79 Å². The second kappa shape index (κ2) is 6.46. The number of nitrogens with one attached hydrogen (secondary N) is 1. The number of alkyl halides is 1. The Morgan fingerprint density at radius 1 is 1.58 bits per heavy atom. The predicted octanol–water partition coefficient (Wildman–Crippen LogP) is 1.99. The van der Waals surface area contributed by atoms with Gasteiger partial charge in [-0.2, -0.15) is 0 Å². The number of carbonyl (C=O) groups excluding carboxylic acids is 2. The lowest BCUT2D eigenvalue weighted by Gasteiger charge is -2.24. The Morgan fingerprint density at radius 3 is 2.68 bits per heavy atom. The van der Waals surface area contributed by atoms with E-state index >= 15 is 0 Å². The third kappa shape index (κ3) is 5.68. The summed E-state index contributed by atoms with van der Waals surface area (Å²) in [6, 6.07) is -0.145. The van der Waals surface area contributed by atoms with Crippen LogP contribution in [0.5, 0.6) is 0 Å². The van der Waals surface area contributed by atoms with Crippen LogP contribution in [-0.4, -0.2) is 47.5 Å². The number of nitrogens with zero attached hydrogens (tertiary/aromatic N) is 1. The van der Waals surface area contributed by atoms with Crippen LogP contribution in [0.4, 0.5) is 4.79 Å². The Balaban J connectivity index is 2.37. The SMILES string of the molecule is CC(CN1CC(CCl)CC1=O)NC(=O)OC(C)(C)C. The number of hydrogen-bond donors (Lipinski definition) is 1. The Kier molecular flexibility index (Phi) is 5.47. The quantitative estimate of drug-likeness (QED) is 0.806. The lowest BCUT2D eigenvalue weighted by atomic mass is 10.1. The van der Waals surface area contributed by atoms with E-state index in [1.165, 1.54) is 0 Å². The highest BCUT2D eigenvalue weighted by Crippen LogP contribution is 2.19. The molecule has 1 rings (SSSR count). The van der Waals surface area contributed by atoms with E-state index < -0.39 is 11.7 Å². The van der Waals surface area contributed by atoms with Gasteiger partial charge in [0.1, 0.15) is 5.60 Å². The van der Waals surface area contributed by atoms with Gasteiger partial charge in [0.25, 0.3) is 0 Å². The highest BCUT2D eigenvalue weighted by Gasteiger charge is 2.30. The van der Waals surface area contributed by atoms with Crippen LogP contribution in [0, 0.1) is 5.92 Å². The molecular formula is C13H23ClN2O3. The highest BCUT2D eigenvalue weighted by atomic mass is 35.5. The van der Waals surface area contributed by atoms with Crippen LogP contribution in [0.3, 0.4) is 0 Å². The molecule has 0 aromatic rings. The molecule has 2 atom stereocenters. The van der Waals surface area contributed by atoms with E-state index in [2.05, 4.69) is 5.32 Å². The first-order valence-electron chi connectivity index (χ1n) is 6.54. The standard InChI is InChI=1S/C13H23ClN2O3/c1-9(15-12(18)19-13(2,3)4)7-16-8-10(6-14)5-11(16)17/h9-10H,5-8H2,1-4H3,(H,15,18). The molecule has 1 saturated heterocycles. The minimum atomic E-state index is -0.517. The van der Waals surface area contributed by atoms with Crippen molar-refractivity contribution >= 4 is 23.6 Å². The maximum atomic E-state index is 11.7. The summed E-state index contributed by atoms with van der Waals surface area (Å²) in [4.78, 5) is 25.0. The molecule has 1 aliphatic rings. The second-order valence-electron chi connectivity index (χ2n) is 6.07. The normalized spacial score (nSPS) is 21.4. The summed E-state index contributed by atoms with van der Waals surface area (Å²) in [6.45, 7) is 8.45. The number of halogens is 1. The van der Waals surface area contributed by atoms with Crippen LogP contribution < -0.4 is 5.32 Å². The third-order valence-electron chi connectivity index (χ3n) is 2.77. The smallest absolute Gasteiger partial charge is 0.407 e. The molecule has 0 aliphatic carbocycles. The monoisotopic (exact) mass is 290 g/mol. The van der Waals surface area contributed by atoms with Gasteiger partial charge in [-0.3, -0.25) is 4.79 Å². The molecule has 0 spiro atoms. The highest BCUT2D eigenvalue weighted by molar-refractivity contribution is 6.18. The van der Waals surface area contributed by atoms with Crippen LogP contribution >= 0.6 is 11.6 Å². The first-order valence-corrected chi connectivity index (χ1v) is 7.08. The van der Waals surface area contributed by atoms with Crippen LogP contribution in [0.15, 0.2) is 0 Å². The average molecular weight is 291 g/mol. The number of rotatable bonds is 4. The van der Waals surface area contributed by atoms with Crippen molar-refractivity contribution in [2.75, 3.05) is 19.0 Å². The van der Waals surface area contributed by atoms with Gasteiger partial charge >= 0.3 is 6.09 Å². The molecule has 1 N–H and O–H groups in total. The average Bonchev–Trinajstić information content (AvgIpc) is 2.56. The van der Waals surface area contributed by atoms with Gasteiger partial charge in [0.2, 0.25) is 5.91 Å². The molecule has 2 unspecified atom stereocenters. The largest absolute Gasteiger partial charge is 0.444 e. The van der Waals surface area contributed by atoms with Crippen molar-refractivity contribution in [3.63, 3.8) is 0 Å². The Hall–Kier alpha value is -0.970. The minimum absolute atomic E-state index is 0.100. The molecule has 0 bridgehead atoms. The van der Waals surface area contributed by atoms with E-state index in [1.807, 2.05) is 27.7 Å². The van der Waals surface area contributed by atoms with Gasteiger partial charge in [0.15, 0.2) is 0 Å². The molecule has 5 nitrogen and oxygen atoms in total. The Labute approximate surface area is 119 Å². The topological polar surface area (TPSA) is 58.6 Å². The molecule has 1 heterocycles. The number of ether oxygens (including phenoxy) is 1. The maximum absolute atomic E-state index is 11.7. The zero-order valence-corrected chi connectivity index (χ0v) is 12.8. The molecule has 1 aliphatic heterocycles. The van der Waals surface area contributed by atoms with Gasteiger partial charge in [-0.15, -0.1) is 11.6 Å². The Morgan fingerprint density at radius 2 is 2.21 bits per heavy atom. The number of hydrogen-bond acceptors (Lipinski definition) is 3. The van der Waals surface area contributed by atoms with Crippen LogP contribution in [0.25, 0.3) is 0 Å². The summed E-state index contributed by atoms with van der Waals surface area (Å²) in [5.41, 5.74) is -0.517. The van der Waals surface area contributed by atoms with Crippen LogP contribution in [0.2, 0.25) is 0 Å². The van der Waals surface area contributed by atoms with E-state index in [9.17, 15) is 9.59 Å². The molecule has 0 aromatic carbocycles. The van der Waals surface area contributed by atoms with Gasteiger partial charge < -0.3 is 15.0 Å². The van der Waals surface area contributed by atoms with Crippen molar-refractivity contribution in [1.29, 1.82) is 0 Å². The zero-order valence-electron chi connectivity index (χ0n) is 12.0. The second-order valence-corrected chi connectivity index (χ2v) is 6.38. The molecule has 1 fully saturated rings. The number of carbonyl (C=O) groups is 2. The summed E-state index contributed by atoms with van der Waals surface area (Å²) in [6.07, 6.45) is 0.0448. The van der Waals surface area contributed by atoms with E-state index in [1.54, 1.807) is 4.90 Å². The molecule has 0 aromatic heterocycles. The summed E-state index contributed by atoms with van der Waals surface area (Å²) in [5.74, 6) is 0.821. The first-order chi connectivity index (χ1) is 8.71. The number of alkyl carbamates (subject to hydrolysis) is 1. The van der Waals surface area contributed by atoms with Crippen molar-refractivity contribution in [3.8, 4) is 0 Å². The van der Waals surface area contributed by atoms with Crippen molar-refractivity contribution in [2.24, 2.45) is 5.92 Å². The summed E-state index contributed by atoms with van der Waals surface area (Å²) >= 11 is 5.76. The van der Waals surface area contributed by atoms with Crippen LogP contribution in [-0.2, 0) is 9.53 Å². The fraction of sp³-hybridized carbons (Fsp3) is 0.846.